The van der Waals surface area contributed by atoms with Crippen molar-refractivity contribution >= 4 is 11.7 Å². The van der Waals surface area contributed by atoms with Gasteiger partial charge in [0.2, 0.25) is 0 Å². The third-order valence-corrected chi connectivity index (χ3v) is 8.41. The number of methoxy groups -OCH3 is 2. The Bertz CT molecular complexity index is 1190. The summed E-state index contributed by atoms with van der Waals surface area (Å²) in [4.78, 5) is 15.3. The van der Waals surface area contributed by atoms with Crippen LogP contribution in [0.2, 0.25) is 0 Å². The van der Waals surface area contributed by atoms with Crippen molar-refractivity contribution in [1.82, 2.24) is 10.2 Å². The van der Waals surface area contributed by atoms with Crippen LogP contribution in [0.1, 0.15) is 49.7 Å². The van der Waals surface area contributed by atoms with E-state index < -0.39 is 29.3 Å². The van der Waals surface area contributed by atoms with E-state index >= 15 is 0 Å². The molecular formula is C28H33F4N3O3. The SMILES string of the molecule is COc1ccc([C@@]23CC[C@@H](NC(=O)Nc4cccc(C(F)(F)F)c4F)C[C@@H]2N(CC2CC2)CC3)cc1OC. The molecule has 0 bridgehead atoms. The molecule has 2 aromatic rings. The summed E-state index contributed by atoms with van der Waals surface area (Å²) in [6, 6.07) is 8.24. The second kappa shape index (κ2) is 10.3. The minimum Gasteiger partial charge on any atom is -0.493 e. The standard InChI is InChI=1S/C28H33F4N3O3/c1-37-22-9-8-18(14-23(22)38-2)27-11-10-19(15-24(27)35(13-12-27)16-17-6-7-17)33-26(36)34-21-5-3-4-20(25(21)29)28(30,31)32/h3-5,8-9,14,17,19,24H,6-7,10-13,15-16H2,1-2H3,(H2,33,34,36)/t19-,24+,27+/m1/s1. The third kappa shape index (κ3) is 5.15. The molecule has 0 aromatic heterocycles. The van der Waals surface area contributed by atoms with Crippen LogP contribution in [0.3, 0.4) is 0 Å². The van der Waals surface area contributed by atoms with E-state index in [2.05, 4.69) is 27.7 Å². The van der Waals surface area contributed by atoms with Gasteiger partial charge in [0.15, 0.2) is 17.3 Å². The summed E-state index contributed by atoms with van der Waals surface area (Å²) < 4.78 is 64.7. The van der Waals surface area contributed by atoms with Gasteiger partial charge >= 0.3 is 12.2 Å². The van der Waals surface area contributed by atoms with Crippen molar-refractivity contribution in [3.8, 4) is 11.5 Å². The number of anilines is 1. The van der Waals surface area contributed by atoms with Crippen LogP contribution in [0, 0.1) is 11.7 Å². The fourth-order valence-corrected chi connectivity index (χ4v) is 6.30. The molecule has 3 atom stereocenters. The summed E-state index contributed by atoms with van der Waals surface area (Å²) in [6.45, 7) is 1.98. The minimum absolute atomic E-state index is 0.101. The van der Waals surface area contributed by atoms with Gasteiger partial charge in [-0.25, -0.2) is 9.18 Å². The molecule has 1 heterocycles. The molecule has 0 unspecified atom stereocenters. The summed E-state index contributed by atoms with van der Waals surface area (Å²) in [7, 11) is 3.23. The fraction of sp³-hybridized carbons (Fsp3) is 0.536. The molecule has 206 valence electrons. The smallest absolute Gasteiger partial charge is 0.419 e. The molecule has 5 rings (SSSR count). The Hall–Kier alpha value is -3.01. The summed E-state index contributed by atoms with van der Waals surface area (Å²) in [5.74, 6) is 0.571. The van der Waals surface area contributed by atoms with E-state index in [1.165, 1.54) is 18.4 Å². The molecule has 10 heteroatoms. The molecule has 2 amide bonds. The number of amides is 2. The first-order valence-electron chi connectivity index (χ1n) is 13.0. The summed E-state index contributed by atoms with van der Waals surface area (Å²) in [5, 5.41) is 5.18. The highest BCUT2D eigenvalue weighted by Crippen LogP contribution is 2.51. The molecule has 6 nitrogen and oxygen atoms in total. The van der Waals surface area contributed by atoms with Crippen LogP contribution in [-0.2, 0) is 11.6 Å². The maximum absolute atomic E-state index is 14.4. The number of nitrogens with zero attached hydrogens (tertiary/aromatic N) is 1. The zero-order chi connectivity index (χ0) is 27.1. The molecule has 38 heavy (non-hydrogen) atoms. The average molecular weight is 536 g/mol. The molecule has 3 aliphatic rings. The van der Waals surface area contributed by atoms with Crippen molar-refractivity contribution in [2.24, 2.45) is 5.92 Å². The summed E-state index contributed by atoms with van der Waals surface area (Å²) in [5.41, 5.74) is -0.818. The topological polar surface area (TPSA) is 62.8 Å². The van der Waals surface area contributed by atoms with Gasteiger partial charge in [0, 0.05) is 24.0 Å². The van der Waals surface area contributed by atoms with Crippen LogP contribution in [0.5, 0.6) is 11.5 Å². The Morgan fingerprint density at radius 2 is 1.84 bits per heavy atom. The Morgan fingerprint density at radius 3 is 2.53 bits per heavy atom. The van der Waals surface area contributed by atoms with Crippen molar-refractivity contribution in [2.45, 2.75) is 62.2 Å². The number of nitrogens with one attached hydrogen (secondary N) is 2. The molecule has 2 aromatic carbocycles. The minimum atomic E-state index is -4.84. The molecule has 1 aliphatic heterocycles. The number of rotatable bonds is 7. The second-order valence-corrected chi connectivity index (χ2v) is 10.7. The molecule has 2 saturated carbocycles. The lowest BCUT2D eigenvalue weighted by atomic mass is 9.65. The van der Waals surface area contributed by atoms with Gasteiger partial charge in [-0.05, 0) is 80.8 Å². The zero-order valence-electron chi connectivity index (χ0n) is 21.5. The number of fused-ring (bicyclic) bond motifs is 1. The first-order valence-corrected chi connectivity index (χ1v) is 13.0. The second-order valence-electron chi connectivity index (χ2n) is 10.7. The first-order chi connectivity index (χ1) is 18.1. The average Bonchev–Trinajstić information content (AvgIpc) is 3.64. The van der Waals surface area contributed by atoms with Crippen molar-refractivity contribution < 1.29 is 31.8 Å². The number of likely N-dealkylation sites (tertiary alicyclic amines) is 1. The normalized spacial score (nSPS) is 25.5. The molecule has 1 saturated heterocycles. The van der Waals surface area contributed by atoms with Gasteiger partial charge < -0.3 is 20.1 Å². The predicted molar refractivity (Wildman–Crippen MR) is 135 cm³/mol. The van der Waals surface area contributed by atoms with Gasteiger partial charge in [-0.1, -0.05) is 12.1 Å². The number of ether oxygens (including phenoxy) is 2. The molecule has 2 aliphatic carbocycles. The van der Waals surface area contributed by atoms with Crippen LogP contribution in [-0.4, -0.2) is 50.3 Å². The van der Waals surface area contributed by atoms with Crippen LogP contribution >= 0.6 is 0 Å². The van der Waals surface area contributed by atoms with Crippen LogP contribution in [0.25, 0.3) is 0 Å². The van der Waals surface area contributed by atoms with E-state index in [0.29, 0.717) is 36.3 Å². The molecule has 0 spiro atoms. The molecular weight excluding hydrogens is 502 g/mol. The van der Waals surface area contributed by atoms with E-state index in [-0.39, 0.29) is 17.5 Å². The van der Waals surface area contributed by atoms with Crippen LogP contribution < -0.4 is 20.1 Å². The lowest BCUT2D eigenvalue weighted by Gasteiger charge is -2.45. The molecule has 2 N–H and O–H groups in total. The number of urea groups is 1. The number of benzene rings is 2. The number of hydrogen-bond acceptors (Lipinski definition) is 4. The summed E-state index contributed by atoms with van der Waals surface area (Å²) >= 11 is 0. The van der Waals surface area contributed by atoms with Crippen molar-refractivity contribution in [3.63, 3.8) is 0 Å². The monoisotopic (exact) mass is 535 g/mol. The maximum atomic E-state index is 14.4. The zero-order valence-corrected chi connectivity index (χ0v) is 21.5. The van der Waals surface area contributed by atoms with Gasteiger partial charge in [-0.15, -0.1) is 0 Å². The van der Waals surface area contributed by atoms with Gasteiger partial charge in [-0.2, -0.15) is 13.2 Å². The predicted octanol–water partition coefficient (Wildman–Crippen LogP) is 5.96. The number of hydrogen-bond donors (Lipinski definition) is 2. The Kier molecular flexibility index (Phi) is 7.19. The van der Waals surface area contributed by atoms with E-state index in [0.717, 1.165) is 38.1 Å². The van der Waals surface area contributed by atoms with Gasteiger partial charge in [0.25, 0.3) is 0 Å². The highest BCUT2D eigenvalue weighted by Gasteiger charge is 2.52. The Balaban J connectivity index is 1.33. The quantitative estimate of drug-likeness (QED) is 0.430. The molecule has 3 fully saturated rings. The third-order valence-electron chi connectivity index (χ3n) is 8.41. The highest BCUT2D eigenvalue weighted by atomic mass is 19.4. The number of carbonyl (C=O) groups is 1. The van der Waals surface area contributed by atoms with Crippen molar-refractivity contribution in [3.05, 3.63) is 53.3 Å². The van der Waals surface area contributed by atoms with Crippen molar-refractivity contribution in [2.75, 3.05) is 32.6 Å². The largest absolute Gasteiger partial charge is 0.493 e. The van der Waals surface area contributed by atoms with Crippen LogP contribution in [0.4, 0.5) is 28.0 Å². The van der Waals surface area contributed by atoms with E-state index in [4.69, 9.17) is 9.47 Å². The lowest BCUT2D eigenvalue weighted by Crippen LogP contribution is -2.53. The van der Waals surface area contributed by atoms with Gasteiger partial charge in [0.1, 0.15) is 0 Å². The van der Waals surface area contributed by atoms with E-state index in [1.54, 1.807) is 14.2 Å². The fourth-order valence-electron chi connectivity index (χ4n) is 6.30. The Morgan fingerprint density at radius 1 is 1.08 bits per heavy atom. The van der Waals surface area contributed by atoms with E-state index in [1.807, 2.05) is 6.07 Å². The molecule has 0 radical (unpaired) electrons. The number of alkyl halides is 3. The highest BCUT2D eigenvalue weighted by molar-refractivity contribution is 5.89. The summed E-state index contributed by atoms with van der Waals surface area (Å²) in [6.07, 6.45) is 0.840. The Labute approximate surface area is 219 Å². The lowest BCUT2D eigenvalue weighted by molar-refractivity contribution is -0.139. The first kappa shape index (κ1) is 26.6. The maximum Gasteiger partial charge on any atom is 0.419 e. The number of carbonyl (C=O) groups excluding carboxylic acids is 1. The van der Waals surface area contributed by atoms with Crippen LogP contribution in [0.15, 0.2) is 36.4 Å². The van der Waals surface area contributed by atoms with E-state index in [9.17, 15) is 22.4 Å². The van der Waals surface area contributed by atoms with Gasteiger partial charge in [-0.3, -0.25) is 4.90 Å². The van der Waals surface area contributed by atoms with Crippen molar-refractivity contribution in [1.29, 1.82) is 0 Å². The number of halogens is 4. The van der Waals surface area contributed by atoms with Gasteiger partial charge in [0.05, 0.1) is 25.5 Å².